The molecule has 0 radical (unpaired) electrons. The fourth-order valence-corrected chi connectivity index (χ4v) is 1.46. The Morgan fingerprint density at radius 3 is 2.38 bits per heavy atom. The lowest BCUT2D eigenvalue weighted by Crippen LogP contribution is -2.10. The molecule has 0 spiro atoms. The minimum Gasteiger partial charge on any atom is -0.366 e. The van der Waals surface area contributed by atoms with E-state index in [1.165, 1.54) is 18.4 Å². The van der Waals surface area contributed by atoms with E-state index in [2.05, 4.69) is 0 Å². The van der Waals surface area contributed by atoms with Gasteiger partial charge in [-0.3, -0.25) is 4.79 Å². The predicted molar refractivity (Wildman–Crippen MR) is 51.4 cm³/mol. The number of nitrogens with two attached hydrogens (primary N) is 1. The van der Waals surface area contributed by atoms with Crippen molar-refractivity contribution >= 4 is 5.91 Å². The van der Waals surface area contributed by atoms with Gasteiger partial charge in [0.1, 0.15) is 0 Å². The van der Waals surface area contributed by atoms with Crippen molar-refractivity contribution in [1.82, 2.24) is 0 Å². The maximum atomic E-state index is 10.8. The Kier molecular flexibility index (Phi) is 2.05. The molecule has 1 amide bonds. The summed E-state index contributed by atoms with van der Waals surface area (Å²) >= 11 is 0. The first-order valence-electron chi connectivity index (χ1n) is 4.64. The largest absolute Gasteiger partial charge is 0.366 e. The average molecular weight is 175 g/mol. The first-order valence-corrected chi connectivity index (χ1v) is 4.64. The molecule has 2 heteroatoms. The highest BCUT2D eigenvalue weighted by Gasteiger charge is 2.21. The maximum Gasteiger partial charge on any atom is 0.248 e. The lowest BCUT2D eigenvalue weighted by atomic mass is 10.1. The third-order valence-corrected chi connectivity index (χ3v) is 2.46. The summed E-state index contributed by atoms with van der Waals surface area (Å²) in [6, 6.07) is 7.61. The molecule has 1 aliphatic carbocycles. The summed E-state index contributed by atoms with van der Waals surface area (Å²) in [4.78, 5) is 10.8. The number of benzene rings is 1. The number of primary amides is 1. The van der Waals surface area contributed by atoms with E-state index in [1.807, 2.05) is 12.1 Å². The van der Waals surface area contributed by atoms with E-state index >= 15 is 0 Å². The lowest BCUT2D eigenvalue weighted by molar-refractivity contribution is 0.100. The van der Waals surface area contributed by atoms with Crippen LogP contribution in [0.1, 0.15) is 28.8 Å². The Bertz CT molecular complexity index is 311. The number of carbonyl (C=O) groups is 1. The molecule has 0 bridgehead atoms. The van der Waals surface area contributed by atoms with Gasteiger partial charge in [-0.1, -0.05) is 12.1 Å². The van der Waals surface area contributed by atoms with Crippen LogP contribution >= 0.6 is 0 Å². The van der Waals surface area contributed by atoms with Gasteiger partial charge in [0, 0.05) is 5.56 Å². The van der Waals surface area contributed by atoms with Crippen LogP contribution in [-0.2, 0) is 6.42 Å². The van der Waals surface area contributed by atoms with E-state index in [4.69, 9.17) is 5.73 Å². The molecule has 0 aliphatic heterocycles. The van der Waals surface area contributed by atoms with Crippen LogP contribution in [0.5, 0.6) is 0 Å². The molecule has 13 heavy (non-hydrogen) atoms. The molecule has 2 nitrogen and oxygen atoms in total. The quantitative estimate of drug-likeness (QED) is 0.747. The highest BCUT2D eigenvalue weighted by molar-refractivity contribution is 5.92. The topological polar surface area (TPSA) is 43.1 Å². The Morgan fingerprint density at radius 2 is 1.92 bits per heavy atom. The Morgan fingerprint density at radius 1 is 1.31 bits per heavy atom. The van der Waals surface area contributed by atoms with Crippen molar-refractivity contribution in [1.29, 1.82) is 0 Å². The third kappa shape index (κ3) is 2.08. The SMILES string of the molecule is NC(=O)c1ccc(CC2CC2)cc1. The molecule has 0 atom stereocenters. The van der Waals surface area contributed by atoms with Gasteiger partial charge in [0.05, 0.1) is 0 Å². The zero-order valence-electron chi connectivity index (χ0n) is 7.49. The van der Waals surface area contributed by atoms with Crippen LogP contribution in [0.15, 0.2) is 24.3 Å². The molecule has 0 unspecified atom stereocenters. The molecule has 1 saturated carbocycles. The standard InChI is InChI=1S/C11H13NO/c12-11(13)10-5-3-9(4-6-10)7-8-1-2-8/h3-6,8H,1-2,7H2,(H2,12,13). The molecule has 1 fully saturated rings. The summed E-state index contributed by atoms with van der Waals surface area (Å²) in [5.41, 5.74) is 7.05. The first-order chi connectivity index (χ1) is 6.25. The Balaban J connectivity index is 2.08. The molecule has 2 rings (SSSR count). The van der Waals surface area contributed by atoms with Crippen LogP contribution in [0.4, 0.5) is 0 Å². The molecular weight excluding hydrogens is 162 g/mol. The first kappa shape index (κ1) is 8.30. The molecule has 0 heterocycles. The summed E-state index contributed by atoms with van der Waals surface area (Å²) in [5, 5.41) is 0. The average Bonchev–Trinajstić information content (AvgIpc) is 2.89. The van der Waals surface area contributed by atoms with Crippen LogP contribution in [0.25, 0.3) is 0 Å². The van der Waals surface area contributed by atoms with Gasteiger partial charge < -0.3 is 5.73 Å². The van der Waals surface area contributed by atoms with E-state index in [0.29, 0.717) is 5.56 Å². The zero-order chi connectivity index (χ0) is 9.26. The second-order valence-electron chi connectivity index (χ2n) is 3.71. The fourth-order valence-electron chi connectivity index (χ4n) is 1.46. The zero-order valence-corrected chi connectivity index (χ0v) is 7.49. The fraction of sp³-hybridized carbons (Fsp3) is 0.364. The molecular formula is C11H13NO. The molecule has 0 aromatic heterocycles. The van der Waals surface area contributed by atoms with Crippen LogP contribution < -0.4 is 5.73 Å². The van der Waals surface area contributed by atoms with Crippen LogP contribution in [0.3, 0.4) is 0 Å². The van der Waals surface area contributed by atoms with Crippen LogP contribution in [0, 0.1) is 5.92 Å². The number of hydrogen-bond donors (Lipinski definition) is 1. The molecule has 1 aliphatic rings. The third-order valence-electron chi connectivity index (χ3n) is 2.46. The summed E-state index contributed by atoms with van der Waals surface area (Å²) in [7, 11) is 0. The highest BCUT2D eigenvalue weighted by atomic mass is 16.1. The number of rotatable bonds is 3. The van der Waals surface area contributed by atoms with Gasteiger partial charge in [-0.25, -0.2) is 0 Å². The monoisotopic (exact) mass is 175 g/mol. The van der Waals surface area contributed by atoms with Gasteiger partial charge in [0.2, 0.25) is 5.91 Å². The van der Waals surface area contributed by atoms with Gasteiger partial charge in [-0.05, 0) is 42.9 Å². The summed E-state index contributed by atoms with van der Waals surface area (Å²) in [6.45, 7) is 0. The Hall–Kier alpha value is -1.31. The number of amides is 1. The summed E-state index contributed by atoms with van der Waals surface area (Å²) in [6.07, 6.45) is 3.87. The van der Waals surface area contributed by atoms with Gasteiger partial charge in [0.25, 0.3) is 0 Å². The minimum atomic E-state index is -0.349. The van der Waals surface area contributed by atoms with Gasteiger partial charge >= 0.3 is 0 Å². The molecule has 1 aromatic rings. The van der Waals surface area contributed by atoms with E-state index < -0.39 is 0 Å². The summed E-state index contributed by atoms with van der Waals surface area (Å²) < 4.78 is 0. The van der Waals surface area contributed by atoms with E-state index in [9.17, 15) is 4.79 Å². The number of hydrogen-bond acceptors (Lipinski definition) is 1. The summed E-state index contributed by atoms with van der Waals surface area (Å²) in [5.74, 6) is 0.539. The van der Waals surface area contributed by atoms with Crippen LogP contribution in [-0.4, -0.2) is 5.91 Å². The van der Waals surface area contributed by atoms with Gasteiger partial charge in [0.15, 0.2) is 0 Å². The predicted octanol–water partition coefficient (Wildman–Crippen LogP) is 1.74. The van der Waals surface area contributed by atoms with Crippen molar-refractivity contribution in [3.8, 4) is 0 Å². The van der Waals surface area contributed by atoms with Crippen molar-refractivity contribution in [3.05, 3.63) is 35.4 Å². The van der Waals surface area contributed by atoms with E-state index in [1.54, 1.807) is 12.1 Å². The molecule has 1 aromatic carbocycles. The highest BCUT2D eigenvalue weighted by Crippen LogP contribution is 2.32. The maximum absolute atomic E-state index is 10.8. The second kappa shape index (κ2) is 3.21. The normalized spacial score (nSPS) is 15.7. The lowest BCUT2D eigenvalue weighted by Gasteiger charge is -1.99. The van der Waals surface area contributed by atoms with Crippen molar-refractivity contribution in [3.63, 3.8) is 0 Å². The van der Waals surface area contributed by atoms with Gasteiger partial charge in [-0.2, -0.15) is 0 Å². The molecule has 0 saturated heterocycles. The minimum absolute atomic E-state index is 0.349. The van der Waals surface area contributed by atoms with E-state index in [-0.39, 0.29) is 5.91 Å². The Labute approximate surface area is 77.8 Å². The van der Waals surface area contributed by atoms with Crippen LogP contribution in [0.2, 0.25) is 0 Å². The molecule has 2 N–H and O–H groups in total. The van der Waals surface area contributed by atoms with Crippen molar-refractivity contribution in [2.45, 2.75) is 19.3 Å². The smallest absolute Gasteiger partial charge is 0.248 e. The van der Waals surface area contributed by atoms with E-state index in [0.717, 1.165) is 12.3 Å². The number of carbonyl (C=O) groups excluding carboxylic acids is 1. The molecule has 68 valence electrons. The van der Waals surface area contributed by atoms with Gasteiger partial charge in [-0.15, -0.1) is 0 Å². The van der Waals surface area contributed by atoms with Crippen molar-refractivity contribution < 1.29 is 4.79 Å². The van der Waals surface area contributed by atoms with Crippen molar-refractivity contribution in [2.75, 3.05) is 0 Å². The second-order valence-corrected chi connectivity index (χ2v) is 3.71. The van der Waals surface area contributed by atoms with Crippen molar-refractivity contribution in [2.24, 2.45) is 11.7 Å².